The zero-order chi connectivity index (χ0) is 19.7. The van der Waals surface area contributed by atoms with E-state index < -0.39 is 11.0 Å². The quantitative estimate of drug-likeness (QED) is 0.553. The molecule has 1 amide bonds. The Hall–Kier alpha value is -3.62. The maximum Gasteiger partial charge on any atom is 0.415 e. The van der Waals surface area contributed by atoms with Crippen molar-refractivity contribution in [2.75, 3.05) is 13.1 Å². The van der Waals surface area contributed by atoms with E-state index >= 15 is 0 Å². The molecule has 1 aliphatic heterocycles. The van der Waals surface area contributed by atoms with Crippen molar-refractivity contribution < 1.29 is 14.5 Å². The normalized spacial score (nSPS) is 14.9. The molecule has 0 saturated carbocycles. The van der Waals surface area contributed by atoms with Crippen molar-refractivity contribution in [3.05, 3.63) is 69.1 Å². The monoisotopic (exact) mass is 382 g/mol. The Morgan fingerprint density at radius 3 is 2.46 bits per heavy atom. The number of imidazole rings is 1. The van der Waals surface area contributed by atoms with Gasteiger partial charge in [-0.25, -0.2) is 9.59 Å². The van der Waals surface area contributed by atoms with Gasteiger partial charge in [0.05, 0.1) is 16.0 Å². The molecule has 0 atom stereocenters. The summed E-state index contributed by atoms with van der Waals surface area (Å²) in [4.78, 5) is 39.3. The highest BCUT2D eigenvalue weighted by Gasteiger charge is 2.27. The van der Waals surface area contributed by atoms with Gasteiger partial charge in [0.15, 0.2) is 0 Å². The second kappa shape index (κ2) is 7.18. The van der Waals surface area contributed by atoms with Gasteiger partial charge in [0.1, 0.15) is 5.75 Å². The molecule has 28 heavy (non-hydrogen) atoms. The zero-order valence-corrected chi connectivity index (χ0v) is 14.9. The van der Waals surface area contributed by atoms with Crippen LogP contribution in [0.3, 0.4) is 0 Å². The predicted octanol–water partition coefficient (Wildman–Crippen LogP) is 3.07. The van der Waals surface area contributed by atoms with Crippen LogP contribution in [0.4, 0.5) is 10.5 Å². The molecule has 0 spiro atoms. The molecule has 9 heteroatoms. The molecule has 1 fully saturated rings. The third-order valence-corrected chi connectivity index (χ3v) is 4.96. The Morgan fingerprint density at radius 1 is 1.11 bits per heavy atom. The third-order valence-electron chi connectivity index (χ3n) is 4.96. The number of nitrogens with zero attached hydrogens (tertiary/aromatic N) is 3. The molecule has 9 nitrogen and oxygen atoms in total. The average Bonchev–Trinajstić information content (AvgIpc) is 3.04. The van der Waals surface area contributed by atoms with E-state index in [-0.39, 0.29) is 23.2 Å². The van der Waals surface area contributed by atoms with Crippen LogP contribution >= 0.6 is 0 Å². The van der Waals surface area contributed by atoms with Crippen LogP contribution in [0.2, 0.25) is 0 Å². The summed E-state index contributed by atoms with van der Waals surface area (Å²) in [6.07, 6.45) is 0.771. The molecule has 1 saturated heterocycles. The topological polar surface area (TPSA) is 110 Å². The molecular weight excluding hydrogens is 364 g/mol. The number of amides is 1. The van der Waals surface area contributed by atoms with Crippen molar-refractivity contribution in [1.82, 2.24) is 14.5 Å². The molecule has 1 aromatic heterocycles. The van der Waals surface area contributed by atoms with Crippen LogP contribution in [0.15, 0.2) is 53.3 Å². The van der Waals surface area contributed by atoms with Gasteiger partial charge in [-0.15, -0.1) is 0 Å². The summed E-state index contributed by atoms with van der Waals surface area (Å²) in [5, 5.41) is 10.7. The van der Waals surface area contributed by atoms with Gasteiger partial charge in [-0.05, 0) is 37.1 Å². The zero-order valence-electron chi connectivity index (χ0n) is 14.9. The van der Waals surface area contributed by atoms with Crippen LogP contribution in [0.1, 0.15) is 18.9 Å². The fourth-order valence-electron chi connectivity index (χ4n) is 3.54. The first-order chi connectivity index (χ1) is 13.5. The number of carbonyl (C=O) groups is 1. The van der Waals surface area contributed by atoms with Crippen LogP contribution < -0.4 is 10.4 Å². The van der Waals surface area contributed by atoms with Crippen LogP contribution in [-0.2, 0) is 0 Å². The van der Waals surface area contributed by atoms with E-state index in [4.69, 9.17) is 4.74 Å². The second-order valence-corrected chi connectivity index (χ2v) is 6.65. The maximum absolute atomic E-state index is 12.4. The number of nitro benzene ring substituents is 1. The van der Waals surface area contributed by atoms with Gasteiger partial charge >= 0.3 is 11.8 Å². The van der Waals surface area contributed by atoms with Crippen molar-refractivity contribution in [2.24, 2.45) is 0 Å². The van der Waals surface area contributed by atoms with Gasteiger partial charge in [0.25, 0.3) is 5.69 Å². The first kappa shape index (κ1) is 17.8. The number of ether oxygens (including phenoxy) is 1. The number of benzene rings is 2. The molecule has 4 rings (SSSR count). The number of fused-ring (bicyclic) bond motifs is 1. The minimum atomic E-state index is -0.511. The number of nitrogens with one attached hydrogen (secondary N) is 1. The van der Waals surface area contributed by atoms with E-state index in [0.717, 1.165) is 11.0 Å². The molecule has 144 valence electrons. The third kappa shape index (κ3) is 3.34. The van der Waals surface area contributed by atoms with Crippen molar-refractivity contribution in [3.63, 3.8) is 0 Å². The maximum atomic E-state index is 12.4. The lowest BCUT2D eigenvalue weighted by Crippen LogP contribution is -2.41. The molecule has 0 aliphatic carbocycles. The lowest BCUT2D eigenvalue weighted by molar-refractivity contribution is -0.384. The summed E-state index contributed by atoms with van der Waals surface area (Å²) >= 11 is 0. The van der Waals surface area contributed by atoms with Crippen molar-refractivity contribution >= 4 is 22.8 Å². The van der Waals surface area contributed by atoms with Gasteiger partial charge in [0.2, 0.25) is 0 Å². The number of nitro groups is 1. The fourth-order valence-corrected chi connectivity index (χ4v) is 3.54. The number of hydrogen-bond donors (Lipinski definition) is 1. The number of para-hydroxylation sites is 2. The number of rotatable bonds is 3. The Kier molecular flexibility index (Phi) is 4.56. The number of carbonyl (C=O) groups excluding carboxylic acids is 1. The largest absolute Gasteiger partial charge is 0.415 e. The van der Waals surface area contributed by atoms with E-state index in [1.807, 2.05) is 24.3 Å². The minimum absolute atomic E-state index is 0.00655. The summed E-state index contributed by atoms with van der Waals surface area (Å²) in [6, 6.07) is 12.9. The van der Waals surface area contributed by atoms with Crippen LogP contribution in [-0.4, -0.2) is 38.6 Å². The molecule has 3 aromatic rings. The van der Waals surface area contributed by atoms with Crippen molar-refractivity contribution in [2.45, 2.75) is 18.9 Å². The van der Waals surface area contributed by atoms with Crippen molar-refractivity contribution in [1.29, 1.82) is 0 Å². The lowest BCUT2D eigenvalue weighted by atomic mass is 10.0. The number of aromatic nitrogens is 2. The molecule has 2 aromatic carbocycles. The van der Waals surface area contributed by atoms with Gasteiger partial charge < -0.3 is 14.6 Å². The molecule has 1 aliphatic rings. The van der Waals surface area contributed by atoms with E-state index in [9.17, 15) is 19.7 Å². The van der Waals surface area contributed by atoms with Gasteiger partial charge in [-0.2, -0.15) is 0 Å². The summed E-state index contributed by atoms with van der Waals surface area (Å²) in [7, 11) is 0. The smallest absolute Gasteiger partial charge is 0.410 e. The Balaban J connectivity index is 1.41. The molecule has 0 unspecified atom stereocenters. The SMILES string of the molecule is O=C(Oc1ccc([N+](=O)[O-])cc1)N1CCC(n2c(=O)[nH]c3ccccc32)CC1. The number of piperidine rings is 1. The molecule has 2 heterocycles. The average molecular weight is 382 g/mol. The highest BCUT2D eigenvalue weighted by Crippen LogP contribution is 2.26. The van der Waals surface area contributed by atoms with Gasteiger partial charge in [-0.1, -0.05) is 12.1 Å². The number of aromatic amines is 1. The van der Waals surface area contributed by atoms with Gasteiger partial charge in [0, 0.05) is 31.3 Å². The van der Waals surface area contributed by atoms with Crippen molar-refractivity contribution in [3.8, 4) is 5.75 Å². The van der Waals surface area contributed by atoms with Crippen LogP contribution in [0.25, 0.3) is 11.0 Å². The van der Waals surface area contributed by atoms with E-state index in [1.54, 1.807) is 9.47 Å². The summed E-state index contributed by atoms with van der Waals surface area (Å²) < 4.78 is 7.06. The van der Waals surface area contributed by atoms with E-state index in [1.165, 1.54) is 24.3 Å². The number of non-ortho nitro benzene ring substituents is 1. The molecule has 0 bridgehead atoms. The van der Waals surface area contributed by atoms with Crippen LogP contribution in [0, 0.1) is 10.1 Å². The fraction of sp³-hybridized carbons (Fsp3) is 0.263. The summed E-state index contributed by atoms with van der Waals surface area (Å²) in [5.74, 6) is 0.255. The molecule has 0 radical (unpaired) electrons. The summed E-state index contributed by atoms with van der Waals surface area (Å²) in [5.41, 5.74) is 1.45. The van der Waals surface area contributed by atoms with E-state index in [2.05, 4.69) is 4.98 Å². The van der Waals surface area contributed by atoms with Crippen LogP contribution in [0.5, 0.6) is 5.75 Å². The first-order valence-electron chi connectivity index (χ1n) is 8.93. The number of likely N-dealkylation sites (tertiary alicyclic amines) is 1. The van der Waals surface area contributed by atoms with Gasteiger partial charge in [-0.3, -0.25) is 14.7 Å². The summed E-state index contributed by atoms with van der Waals surface area (Å²) in [6.45, 7) is 0.921. The molecule has 1 N–H and O–H groups in total. The Bertz CT molecular complexity index is 1080. The Labute approximate surface area is 159 Å². The number of H-pyrrole nitrogens is 1. The predicted molar refractivity (Wildman–Crippen MR) is 102 cm³/mol. The standard InChI is InChI=1S/C19H18N4O5/c24-18-20-16-3-1-2-4-17(16)22(18)13-9-11-21(12-10-13)19(25)28-15-7-5-14(6-8-15)23(26)27/h1-8,13H,9-12H2,(H,20,24). The highest BCUT2D eigenvalue weighted by atomic mass is 16.6. The molecular formula is C19H18N4O5. The Morgan fingerprint density at radius 2 is 1.79 bits per heavy atom. The second-order valence-electron chi connectivity index (χ2n) is 6.65. The highest BCUT2D eigenvalue weighted by molar-refractivity contribution is 5.75. The number of hydrogen-bond acceptors (Lipinski definition) is 5. The lowest BCUT2D eigenvalue weighted by Gasteiger charge is -2.31. The minimum Gasteiger partial charge on any atom is -0.410 e. The van der Waals surface area contributed by atoms with E-state index in [0.29, 0.717) is 25.9 Å². The first-order valence-corrected chi connectivity index (χ1v) is 8.93.